The zero-order valence-corrected chi connectivity index (χ0v) is 14.5. The fourth-order valence-corrected chi connectivity index (χ4v) is 2.91. The van der Waals surface area contributed by atoms with Crippen molar-refractivity contribution in [2.45, 2.75) is 18.9 Å². The number of carbonyl (C=O) groups is 1. The fourth-order valence-electron chi connectivity index (χ4n) is 2.91. The minimum absolute atomic E-state index is 0.0744. The lowest BCUT2D eigenvalue weighted by Crippen LogP contribution is -2.41. The molecule has 0 bridgehead atoms. The second-order valence-corrected chi connectivity index (χ2v) is 5.95. The number of hydrogen-bond donors (Lipinski definition) is 1. The number of amides is 2. The van der Waals surface area contributed by atoms with Crippen molar-refractivity contribution in [1.82, 2.24) is 15.1 Å². The van der Waals surface area contributed by atoms with Crippen molar-refractivity contribution in [3.05, 3.63) is 23.8 Å². The molecule has 1 aromatic carbocycles. The SMILES string of the molecule is COc1ccc(C(CNC(=O)N(C)C)N2CCCC2)cc1OC. The largest absolute Gasteiger partial charge is 0.493 e. The van der Waals surface area contributed by atoms with Gasteiger partial charge in [0.1, 0.15) is 0 Å². The Balaban J connectivity index is 2.20. The van der Waals surface area contributed by atoms with E-state index in [4.69, 9.17) is 9.47 Å². The Kier molecular flexibility index (Phi) is 6.10. The maximum absolute atomic E-state index is 11.9. The molecule has 2 amide bonds. The van der Waals surface area contributed by atoms with Crippen molar-refractivity contribution in [3.63, 3.8) is 0 Å². The number of nitrogens with one attached hydrogen (secondary N) is 1. The van der Waals surface area contributed by atoms with E-state index in [1.807, 2.05) is 18.2 Å². The van der Waals surface area contributed by atoms with Crippen molar-refractivity contribution < 1.29 is 14.3 Å². The summed E-state index contributed by atoms with van der Waals surface area (Å²) in [5, 5.41) is 3.00. The molecule has 0 aromatic heterocycles. The number of likely N-dealkylation sites (tertiary alicyclic amines) is 1. The van der Waals surface area contributed by atoms with Gasteiger partial charge in [0.15, 0.2) is 11.5 Å². The van der Waals surface area contributed by atoms with Gasteiger partial charge in [0.25, 0.3) is 0 Å². The minimum Gasteiger partial charge on any atom is -0.493 e. The molecule has 0 radical (unpaired) electrons. The summed E-state index contributed by atoms with van der Waals surface area (Å²) in [5.74, 6) is 1.43. The van der Waals surface area contributed by atoms with E-state index in [1.54, 1.807) is 33.2 Å². The number of rotatable bonds is 6. The molecule has 1 aromatic rings. The van der Waals surface area contributed by atoms with Crippen LogP contribution in [0, 0.1) is 0 Å². The Morgan fingerprint density at radius 2 is 1.87 bits per heavy atom. The van der Waals surface area contributed by atoms with Gasteiger partial charge in [0.05, 0.1) is 20.3 Å². The molecule has 1 unspecified atom stereocenters. The molecule has 128 valence electrons. The van der Waals surface area contributed by atoms with Crippen LogP contribution in [0.4, 0.5) is 4.79 Å². The molecular formula is C17H27N3O3. The number of urea groups is 1. The number of ether oxygens (including phenoxy) is 2. The molecule has 0 aliphatic carbocycles. The quantitative estimate of drug-likeness (QED) is 0.872. The summed E-state index contributed by atoms with van der Waals surface area (Å²) in [5.41, 5.74) is 1.13. The van der Waals surface area contributed by atoms with Crippen molar-refractivity contribution in [2.75, 3.05) is 47.9 Å². The third kappa shape index (κ3) is 4.28. The van der Waals surface area contributed by atoms with Crippen LogP contribution in [0.3, 0.4) is 0 Å². The van der Waals surface area contributed by atoms with Crippen LogP contribution in [0.5, 0.6) is 11.5 Å². The summed E-state index contributed by atoms with van der Waals surface area (Å²) in [7, 11) is 6.76. The molecule has 23 heavy (non-hydrogen) atoms. The molecule has 6 heteroatoms. The predicted molar refractivity (Wildman–Crippen MR) is 90.2 cm³/mol. The molecule has 1 fully saturated rings. The molecule has 1 atom stereocenters. The van der Waals surface area contributed by atoms with Gasteiger partial charge in [-0.25, -0.2) is 4.79 Å². The second-order valence-electron chi connectivity index (χ2n) is 5.95. The zero-order valence-electron chi connectivity index (χ0n) is 14.5. The van der Waals surface area contributed by atoms with Crippen LogP contribution >= 0.6 is 0 Å². The number of carbonyl (C=O) groups excluding carboxylic acids is 1. The average Bonchev–Trinajstić information content (AvgIpc) is 3.08. The van der Waals surface area contributed by atoms with Crippen molar-refractivity contribution in [3.8, 4) is 11.5 Å². The summed E-state index contributed by atoms with van der Waals surface area (Å²) < 4.78 is 10.7. The van der Waals surface area contributed by atoms with Gasteiger partial charge >= 0.3 is 6.03 Å². The number of hydrogen-bond acceptors (Lipinski definition) is 4. The maximum Gasteiger partial charge on any atom is 0.316 e. The Morgan fingerprint density at radius 3 is 2.43 bits per heavy atom. The average molecular weight is 321 g/mol. The first-order chi connectivity index (χ1) is 11.1. The van der Waals surface area contributed by atoms with E-state index < -0.39 is 0 Å². The van der Waals surface area contributed by atoms with Crippen molar-refractivity contribution >= 4 is 6.03 Å². The summed E-state index contributed by atoms with van der Waals surface area (Å²) in [6.07, 6.45) is 2.40. The smallest absolute Gasteiger partial charge is 0.316 e. The van der Waals surface area contributed by atoms with Crippen LogP contribution in [-0.2, 0) is 0 Å². The highest BCUT2D eigenvalue weighted by atomic mass is 16.5. The Morgan fingerprint density at radius 1 is 1.22 bits per heavy atom. The monoisotopic (exact) mass is 321 g/mol. The third-order valence-corrected chi connectivity index (χ3v) is 4.23. The Hall–Kier alpha value is -1.95. The molecule has 1 aliphatic heterocycles. The van der Waals surface area contributed by atoms with Crippen LogP contribution in [0.2, 0.25) is 0 Å². The first-order valence-corrected chi connectivity index (χ1v) is 7.98. The Bertz CT molecular complexity index is 528. The summed E-state index contributed by atoms with van der Waals surface area (Å²) in [4.78, 5) is 15.8. The van der Waals surface area contributed by atoms with Gasteiger partial charge in [0.2, 0.25) is 0 Å². The van der Waals surface area contributed by atoms with Gasteiger partial charge in [-0.05, 0) is 43.6 Å². The molecule has 0 spiro atoms. The third-order valence-electron chi connectivity index (χ3n) is 4.23. The summed E-state index contributed by atoms with van der Waals surface area (Å²) in [6, 6.07) is 6.04. The minimum atomic E-state index is -0.0744. The van der Waals surface area contributed by atoms with Gasteiger partial charge < -0.3 is 19.7 Å². The highest BCUT2D eigenvalue weighted by Gasteiger charge is 2.25. The lowest BCUT2D eigenvalue weighted by molar-refractivity contribution is 0.203. The van der Waals surface area contributed by atoms with Gasteiger partial charge in [0, 0.05) is 20.6 Å². The fraction of sp³-hybridized carbons (Fsp3) is 0.588. The van der Waals surface area contributed by atoms with E-state index in [2.05, 4.69) is 10.2 Å². The topological polar surface area (TPSA) is 54.0 Å². The number of benzene rings is 1. The van der Waals surface area contributed by atoms with Crippen LogP contribution in [0.15, 0.2) is 18.2 Å². The molecule has 1 heterocycles. The summed E-state index contributed by atoms with van der Waals surface area (Å²) in [6.45, 7) is 2.68. The zero-order chi connectivity index (χ0) is 16.8. The van der Waals surface area contributed by atoms with E-state index in [9.17, 15) is 4.79 Å². The van der Waals surface area contributed by atoms with Crippen LogP contribution in [-0.4, -0.2) is 63.8 Å². The van der Waals surface area contributed by atoms with E-state index in [1.165, 1.54) is 12.8 Å². The summed E-state index contributed by atoms with van der Waals surface area (Å²) >= 11 is 0. The van der Waals surface area contributed by atoms with Gasteiger partial charge in [-0.3, -0.25) is 4.90 Å². The van der Waals surface area contributed by atoms with Gasteiger partial charge in [-0.15, -0.1) is 0 Å². The molecule has 0 saturated carbocycles. The second kappa shape index (κ2) is 8.06. The number of methoxy groups -OCH3 is 2. The van der Waals surface area contributed by atoms with Crippen LogP contribution in [0.1, 0.15) is 24.4 Å². The van der Waals surface area contributed by atoms with Crippen molar-refractivity contribution in [1.29, 1.82) is 0 Å². The molecular weight excluding hydrogens is 294 g/mol. The maximum atomic E-state index is 11.9. The lowest BCUT2D eigenvalue weighted by atomic mass is 10.0. The normalized spacial score (nSPS) is 16.0. The highest BCUT2D eigenvalue weighted by molar-refractivity contribution is 5.73. The molecule has 1 saturated heterocycles. The Labute approximate surface area is 138 Å². The van der Waals surface area contributed by atoms with Crippen molar-refractivity contribution in [2.24, 2.45) is 0 Å². The van der Waals surface area contributed by atoms with Crippen LogP contribution < -0.4 is 14.8 Å². The molecule has 6 nitrogen and oxygen atoms in total. The highest BCUT2D eigenvalue weighted by Crippen LogP contribution is 2.33. The lowest BCUT2D eigenvalue weighted by Gasteiger charge is -2.29. The first kappa shape index (κ1) is 17.4. The molecule has 2 rings (SSSR count). The van der Waals surface area contributed by atoms with E-state index in [0.717, 1.165) is 18.7 Å². The van der Waals surface area contributed by atoms with E-state index in [-0.39, 0.29) is 12.1 Å². The van der Waals surface area contributed by atoms with Gasteiger partial charge in [-0.1, -0.05) is 6.07 Å². The van der Waals surface area contributed by atoms with E-state index in [0.29, 0.717) is 18.0 Å². The standard InChI is InChI=1S/C17H27N3O3/c1-19(2)17(21)18-12-14(20-9-5-6-10-20)13-7-8-15(22-3)16(11-13)23-4/h7-8,11,14H,5-6,9-10,12H2,1-4H3,(H,18,21). The van der Waals surface area contributed by atoms with E-state index >= 15 is 0 Å². The van der Waals surface area contributed by atoms with Crippen LogP contribution in [0.25, 0.3) is 0 Å². The molecule has 1 N–H and O–H groups in total. The predicted octanol–water partition coefficient (Wildman–Crippen LogP) is 2.11. The number of nitrogens with zero attached hydrogens (tertiary/aromatic N) is 2. The first-order valence-electron chi connectivity index (χ1n) is 7.98. The molecule has 1 aliphatic rings. The van der Waals surface area contributed by atoms with Gasteiger partial charge in [-0.2, -0.15) is 0 Å².